The van der Waals surface area contributed by atoms with Gasteiger partial charge in [0, 0.05) is 5.88 Å². The molecular weight excluding hydrogens is 156 g/mol. The third-order valence-electron chi connectivity index (χ3n) is 4.34. The van der Waals surface area contributed by atoms with Crippen molar-refractivity contribution in [2.75, 3.05) is 5.88 Å². The van der Waals surface area contributed by atoms with Crippen LogP contribution in [0, 0.1) is 23.2 Å². The van der Waals surface area contributed by atoms with Gasteiger partial charge in [-0.15, -0.1) is 11.6 Å². The van der Waals surface area contributed by atoms with Crippen LogP contribution in [0.1, 0.15) is 32.1 Å². The van der Waals surface area contributed by atoms with Crippen molar-refractivity contribution in [2.45, 2.75) is 32.1 Å². The van der Waals surface area contributed by atoms with Crippen molar-refractivity contribution < 1.29 is 0 Å². The number of alkyl halides is 1. The fourth-order valence-electron chi connectivity index (χ4n) is 3.52. The van der Waals surface area contributed by atoms with E-state index in [1.54, 1.807) is 6.42 Å². The van der Waals surface area contributed by atoms with Crippen LogP contribution < -0.4 is 0 Å². The van der Waals surface area contributed by atoms with Crippen LogP contribution in [0.3, 0.4) is 0 Å². The summed E-state index contributed by atoms with van der Waals surface area (Å²) >= 11 is 5.91. The second-order valence-electron chi connectivity index (χ2n) is 4.78. The fourth-order valence-corrected chi connectivity index (χ4v) is 3.93. The molecule has 0 aromatic carbocycles. The maximum absolute atomic E-state index is 5.91. The van der Waals surface area contributed by atoms with Crippen molar-refractivity contribution in [3.05, 3.63) is 0 Å². The number of hydrogen-bond acceptors (Lipinski definition) is 0. The molecule has 4 atom stereocenters. The van der Waals surface area contributed by atoms with E-state index in [0.29, 0.717) is 0 Å². The molecule has 62 valence electrons. The molecule has 3 aliphatic rings. The Morgan fingerprint density at radius 2 is 2.36 bits per heavy atom. The Balaban J connectivity index is 1.78. The maximum atomic E-state index is 5.91. The van der Waals surface area contributed by atoms with Gasteiger partial charge < -0.3 is 0 Å². The lowest BCUT2D eigenvalue weighted by Gasteiger charge is -2.21. The molecule has 0 N–H and O–H groups in total. The molecule has 1 spiro atoms. The summed E-state index contributed by atoms with van der Waals surface area (Å²) in [6.45, 7) is 0. The maximum Gasteiger partial charge on any atom is 0.0257 e. The van der Waals surface area contributed by atoms with E-state index in [0.717, 1.165) is 29.0 Å². The van der Waals surface area contributed by atoms with Crippen LogP contribution in [0.4, 0.5) is 0 Å². The summed E-state index contributed by atoms with van der Waals surface area (Å²) < 4.78 is 0. The number of rotatable bonds is 1. The minimum atomic E-state index is 0.796. The molecule has 3 fully saturated rings. The lowest BCUT2D eigenvalue weighted by Crippen LogP contribution is -2.13. The zero-order valence-corrected chi connectivity index (χ0v) is 7.61. The summed E-state index contributed by atoms with van der Waals surface area (Å²) in [6, 6.07) is 0. The first-order chi connectivity index (χ1) is 5.37. The molecule has 0 heterocycles. The molecule has 3 rings (SSSR count). The van der Waals surface area contributed by atoms with E-state index >= 15 is 0 Å². The summed E-state index contributed by atoms with van der Waals surface area (Å²) in [6.07, 6.45) is 7.55. The van der Waals surface area contributed by atoms with Gasteiger partial charge in [0.1, 0.15) is 0 Å². The van der Waals surface area contributed by atoms with E-state index in [1.165, 1.54) is 25.7 Å². The summed E-state index contributed by atoms with van der Waals surface area (Å²) in [5.41, 5.74) is 0.796. The van der Waals surface area contributed by atoms with Crippen molar-refractivity contribution in [3.8, 4) is 0 Å². The molecule has 4 unspecified atom stereocenters. The van der Waals surface area contributed by atoms with Gasteiger partial charge >= 0.3 is 0 Å². The molecule has 1 heteroatoms. The van der Waals surface area contributed by atoms with Crippen LogP contribution >= 0.6 is 11.6 Å². The summed E-state index contributed by atoms with van der Waals surface area (Å²) in [5, 5.41) is 0. The molecule has 0 bridgehead atoms. The Kier molecular flexibility index (Phi) is 1.21. The summed E-state index contributed by atoms with van der Waals surface area (Å²) in [5.74, 6) is 4.11. The van der Waals surface area contributed by atoms with Crippen LogP contribution in [0.25, 0.3) is 0 Å². The lowest BCUT2D eigenvalue weighted by atomic mass is 9.84. The highest BCUT2D eigenvalue weighted by molar-refractivity contribution is 6.18. The van der Waals surface area contributed by atoms with Crippen LogP contribution in [-0.4, -0.2) is 5.88 Å². The van der Waals surface area contributed by atoms with Gasteiger partial charge in [-0.2, -0.15) is 0 Å². The van der Waals surface area contributed by atoms with E-state index in [2.05, 4.69) is 0 Å². The Morgan fingerprint density at radius 3 is 3.09 bits per heavy atom. The topological polar surface area (TPSA) is 0 Å². The fraction of sp³-hybridized carbons (Fsp3) is 1.00. The average molecular weight is 171 g/mol. The second kappa shape index (κ2) is 1.96. The van der Waals surface area contributed by atoms with E-state index in [4.69, 9.17) is 11.6 Å². The lowest BCUT2D eigenvalue weighted by molar-refractivity contribution is 0.290. The van der Waals surface area contributed by atoms with Gasteiger partial charge in [-0.1, -0.05) is 12.8 Å². The zero-order chi connectivity index (χ0) is 7.47. The van der Waals surface area contributed by atoms with Gasteiger partial charge in [-0.25, -0.2) is 0 Å². The predicted octanol–water partition coefficient (Wildman–Crippen LogP) is 3.05. The van der Waals surface area contributed by atoms with Gasteiger partial charge in [0.05, 0.1) is 0 Å². The first kappa shape index (κ1) is 6.77. The quantitative estimate of drug-likeness (QED) is 0.531. The first-order valence-electron chi connectivity index (χ1n) is 4.93. The smallest absolute Gasteiger partial charge is 0.0257 e. The molecule has 3 aliphatic carbocycles. The van der Waals surface area contributed by atoms with Crippen LogP contribution in [0.15, 0.2) is 0 Å². The van der Waals surface area contributed by atoms with Crippen LogP contribution in [0.2, 0.25) is 0 Å². The minimum Gasteiger partial charge on any atom is -0.126 e. The third kappa shape index (κ3) is 0.771. The average Bonchev–Trinajstić information content (AvgIpc) is 2.84. The second-order valence-corrected chi connectivity index (χ2v) is 5.09. The molecule has 0 nitrogen and oxygen atoms in total. The van der Waals surface area contributed by atoms with E-state index in [-0.39, 0.29) is 0 Å². The zero-order valence-electron chi connectivity index (χ0n) is 6.85. The monoisotopic (exact) mass is 170 g/mol. The van der Waals surface area contributed by atoms with Gasteiger partial charge in [-0.3, -0.25) is 0 Å². The Morgan fingerprint density at radius 1 is 1.45 bits per heavy atom. The Labute approximate surface area is 73.3 Å². The number of fused-ring (bicyclic) bond motifs is 2. The number of halogens is 1. The van der Waals surface area contributed by atoms with Gasteiger partial charge in [-0.05, 0) is 42.4 Å². The predicted molar refractivity (Wildman–Crippen MR) is 46.7 cm³/mol. The van der Waals surface area contributed by atoms with Crippen molar-refractivity contribution >= 4 is 11.6 Å². The van der Waals surface area contributed by atoms with E-state index < -0.39 is 0 Å². The van der Waals surface area contributed by atoms with Gasteiger partial charge in [0.15, 0.2) is 0 Å². The third-order valence-corrected chi connectivity index (χ3v) is 4.72. The van der Waals surface area contributed by atoms with Crippen molar-refractivity contribution in [3.63, 3.8) is 0 Å². The molecule has 0 radical (unpaired) electrons. The first-order valence-corrected chi connectivity index (χ1v) is 5.46. The standard InChI is InChI=1S/C10H15Cl/c11-6-8-5-10(8)3-1-2-7-4-9(7)10/h7-9H,1-6H2. The van der Waals surface area contributed by atoms with Crippen molar-refractivity contribution in [1.29, 1.82) is 0 Å². The molecule has 0 aliphatic heterocycles. The minimum absolute atomic E-state index is 0.796. The molecular formula is C10H15Cl. The molecule has 0 aromatic heterocycles. The summed E-state index contributed by atoms with van der Waals surface area (Å²) in [7, 11) is 0. The Bertz CT molecular complexity index is 189. The highest BCUT2D eigenvalue weighted by Gasteiger charge is 2.65. The normalized spacial score (nSPS) is 59.2. The largest absolute Gasteiger partial charge is 0.126 e. The molecule has 11 heavy (non-hydrogen) atoms. The molecule has 0 saturated heterocycles. The van der Waals surface area contributed by atoms with Gasteiger partial charge in [0.25, 0.3) is 0 Å². The van der Waals surface area contributed by atoms with E-state index in [1.807, 2.05) is 0 Å². The molecule has 3 saturated carbocycles. The van der Waals surface area contributed by atoms with Crippen LogP contribution in [-0.2, 0) is 0 Å². The highest BCUT2D eigenvalue weighted by Crippen LogP contribution is 2.73. The van der Waals surface area contributed by atoms with Crippen LogP contribution in [0.5, 0.6) is 0 Å². The van der Waals surface area contributed by atoms with Crippen molar-refractivity contribution in [1.82, 2.24) is 0 Å². The Hall–Kier alpha value is 0.290. The molecule has 0 aromatic rings. The van der Waals surface area contributed by atoms with Gasteiger partial charge in [0.2, 0.25) is 0 Å². The SMILES string of the molecule is ClCC1CC12CCCC1CC12. The highest BCUT2D eigenvalue weighted by atomic mass is 35.5. The van der Waals surface area contributed by atoms with E-state index in [9.17, 15) is 0 Å². The molecule has 0 amide bonds. The summed E-state index contributed by atoms with van der Waals surface area (Å²) in [4.78, 5) is 0. The van der Waals surface area contributed by atoms with Crippen molar-refractivity contribution in [2.24, 2.45) is 23.2 Å². The number of hydrogen-bond donors (Lipinski definition) is 0.